The van der Waals surface area contributed by atoms with Crippen molar-refractivity contribution >= 4 is 6.09 Å². The topological polar surface area (TPSA) is 64.8 Å². The van der Waals surface area contributed by atoms with Crippen LogP contribution in [0.5, 0.6) is 0 Å². The van der Waals surface area contributed by atoms with Crippen molar-refractivity contribution in [1.82, 2.24) is 4.90 Å². The first kappa shape index (κ1) is 15.1. The molecule has 1 heterocycles. The summed E-state index contributed by atoms with van der Waals surface area (Å²) >= 11 is 0. The van der Waals surface area contributed by atoms with Gasteiger partial charge in [-0.1, -0.05) is 0 Å². The van der Waals surface area contributed by atoms with Crippen molar-refractivity contribution in [3.05, 3.63) is 0 Å². The van der Waals surface area contributed by atoms with E-state index >= 15 is 0 Å². The molecule has 0 aromatic rings. The highest BCUT2D eigenvalue weighted by Gasteiger charge is 2.62. The Labute approximate surface area is 105 Å². The number of amides is 1. The second kappa shape index (κ2) is 4.62. The van der Waals surface area contributed by atoms with E-state index in [4.69, 9.17) is 15.2 Å². The van der Waals surface area contributed by atoms with Crippen molar-refractivity contribution in [2.24, 2.45) is 5.73 Å². The molecule has 0 saturated carbocycles. The molecule has 2 N–H and O–H groups in total. The Kier molecular flexibility index (Phi) is 3.88. The van der Waals surface area contributed by atoms with E-state index in [2.05, 4.69) is 0 Å². The lowest BCUT2D eigenvalue weighted by Gasteiger charge is -2.51. The maximum absolute atomic E-state index is 13.6. The van der Waals surface area contributed by atoms with Gasteiger partial charge in [0.05, 0.1) is 19.6 Å². The summed E-state index contributed by atoms with van der Waals surface area (Å²) in [5.74, 6) is -3.17. The average Bonchev–Trinajstić information content (AvgIpc) is 2.13. The summed E-state index contributed by atoms with van der Waals surface area (Å²) in [5, 5.41) is 0. The summed E-state index contributed by atoms with van der Waals surface area (Å²) in [6, 6.07) is 0. The zero-order chi connectivity index (χ0) is 14.2. The molecule has 1 rings (SSSR count). The number of nitrogens with two attached hydrogens (primary N) is 1. The molecule has 1 saturated heterocycles. The smallest absolute Gasteiger partial charge is 0.410 e. The number of hydrogen-bond acceptors (Lipinski definition) is 4. The van der Waals surface area contributed by atoms with Gasteiger partial charge in [-0.3, -0.25) is 0 Å². The minimum absolute atomic E-state index is 0.220. The fourth-order valence-electron chi connectivity index (χ4n) is 1.72. The molecule has 18 heavy (non-hydrogen) atoms. The Balaban J connectivity index is 2.64. The Hall–Kier alpha value is -0.950. The van der Waals surface area contributed by atoms with Crippen molar-refractivity contribution in [2.45, 2.75) is 37.9 Å². The lowest BCUT2D eigenvalue weighted by molar-refractivity contribution is -0.243. The van der Waals surface area contributed by atoms with E-state index in [-0.39, 0.29) is 13.1 Å². The molecule has 0 bridgehead atoms. The number of alkyl halides is 2. The van der Waals surface area contributed by atoms with Gasteiger partial charge in [-0.2, -0.15) is 0 Å². The normalized spacial score (nSPS) is 19.4. The minimum atomic E-state index is -3.17. The summed E-state index contributed by atoms with van der Waals surface area (Å²) in [4.78, 5) is 12.8. The second-order valence-corrected chi connectivity index (χ2v) is 5.44. The highest BCUT2D eigenvalue weighted by atomic mass is 19.3. The number of hydrogen-bond donors (Lipinski definition) is 1. The number of ether oxygens (including phenoxy) is 2. The fraction of sp³-hybridized carbons (Fsp3) is 0.909. The van der Waals surface area contributed by atoms with Gasteiger partial charge in [0, 0.05) is 7.11 Å². The molecule has 0 aromatic carbocycles. The van der Waals surface area contributed by atoms with Crippen LogP contribution in [-0.4, -0.2) is 54.9 Å². The summed E-state index contributed by atoms with van der Waals surface area (Å²) in [7, 11) is 1.19. The monoisotopic (exact) mass is 266 g/mol. The Morgan fingerprint density at radius 3 is 2.22 bits per heavy atom. The van der Waals surface area contributed by atoms with E-state index in [1.54, 1.807) is 20.8 Å². The molecule has 1 aliphatic rings. The van der Waals surface area contributed by atoms with Gasteiger partial charge >= 0.3 is 6.09 Å². The number of rotatable bonds is 3. The molecular formula is C11H20F2N2O3. The first-order chi connectivity index (χ1) is 8.07. The lowest BCUT2D eigenvalue weighted by Crippen LogP contribution is -2.74. The van der Waals surface area contributed by atoms with Gasteiger partial charge < -0.3 is 20.1 Å². The van der Waals surface area contributed by atoms with Crippen LogP contribution in [0.3, 0.4) is 0 Å². The number of carbonyl (C=O) groups excluding carboxylic acids is 1. The van der Waals surface area contributed by atoms with Gasteiger partial charge in [-0.05, 0) is 20.8 Å². The van der Waals surface area contributed by atoms with Gasteiger partial charge in [0.15, 0.2) is 5.60 Å². The highest BCUT2D eigenvalue weighted by molar-refractivity contribution is 5.69. The lowest BCUT2D eigenvalue weighted by atomic mass is 9.87. The quantitative estimate of drug-likeness (QED) is 0.834. The van der Waals surface area contributed by atoms with Gasteiger partial charge in [0.25, 0.3) is 5.92 Å². The van der Waals surface area contributed by atoms with Crippen molar-refractivity contribution in [3.63, 3.8) is 0 Å². The van der Waals surface area contributed by atoms with E-state index < -0.39 is 29.8 Å². The summed E-state index contributed by atoms with van der Waals surface area (Å²) in [5.41, 5.74) is 2.69. The Bertz CT molecular complexity index is 323. The van der Waals surface area contributed by atoms with Crippen LogP contribution in [0.2, 0.25) is 0 Å². The van der Waals surface area contributed by atoms with Gasteiger partial charge in [-0.25, -0.2) is 13.6 Å². The van der Waals surface area contributed by atoms with E-state index in [1.165, 1.54) is 12.0 Å². The van der Waals surface area contributed by atoms with Crippen molar-refractivity contribution in [2.75, 3.05) is 26.7 Å². The van der Waals surface area contributed by atoms with Crippen LogP contribution < -0.4 is 5.73 Å². The van der Waals surface area contributed by atoms with Crippen LogP contribution in [-0.2, 0) is 9.47 Å². The third-order valence-electron chi connectivity index (χ3n) is 2.86. The zero-order valence-electron chi connectivity index (χ0n) is 11.1. The van der Waals surface area contributed by atoms with E-state index in [0.717, 1.165) is 0 Å². The number of likely N-dealkylation sites (tertiary alicyclic amines) is 1. The standard InChI is InChI=1S/C11H20F2N2O3/c1-9(2,3)18-8(16)15-6-10(7-15,17-4)11(12,13)5-14/h5-7,14H2,1-4H3. The minimum Gasteiger partial charge on any atom is -0.444 e. The van der Waals surface area contributed by atoms with Crippen LogP contribution in [0.25, 0.3) is 0 Å². The van der Waals surface area contributed by atoms with Crippen LogP contribution in [0, 0.1) is 0 Å². The molecule has 5 nitrogen and oxygen atoms in total. The molecule has 0 radical (unpaired) electrons. The number of halogens is 2. The molecule has 0 spiro atoms. The predicted octanol–water partition coefficient (Wildman–Crippen LogP) is 1.22. The van der Waals surface area contributed by atoms with Crippen LogP contribution in [0.4, 0.5) is 13.6 Å². The van der Waals surface area contributed by atoms with Gasteiger partial charge in [0.2, 0.25) is 0 Å². The van der Waals surface area contributed by atoms with Crippen molar-refractivity contribution < 1.29 is 23.0 Å². The zero-order valence-corrected chi connectivity index (χ0v) is 11.1. The SMILES string of the molecule is COC1(C(F)(F)CN)CN(C(=O)OC(C)(C)C)C1. The van der Waals surface area contributed by atoms with Crippen molar-refractivity contribution in [1.29, 1.82) is 0 Å². The molecule has 1 aliphatic heterocycles. The molecule has 1 amide bonds. The maximum Gasteiger partial charge on any atom is 0.410 e. The first-order valence-electron chi connectivity index (χ1n) is 5.68. The Morgan fingerprint density at radius 2 is 1.89 bits per heavy atom. The average molecular weight is 266 g/mol. The second-order valence-electron chi connectivity index (χ2n) is 5.44. The molecule has 106 valence electrons. The molecule has 0 aliphatic carbocycles. The fourth-order valence-corrected chi connectivity index (χ4v) is 1.72. The summed E-state index contributed by atoms with van der Waals surface area (Å²) < 4.78 is 37.1. The van der Waals surface area contributed by atoms with Crippen LogP contribution in [0.15, 0.2) is 0 Å². The van der Waals surface area contributed by atoms with E-state index in [1.807, 2.05) is 0 Å². The van der Waals surface area contributed by atoms with Crippen LogP contribution >= 0.6 is 0 Å². The highest BCUT2D eigenvalue weighted by Crippen LogP contribution is 2.39. The summed E-state index contributed by atoms with van der Waals surface area (Å²) in [6.07, 6.45) is -0.622. The molecular weight excluding hydrogens is 246 g/mol. The van der Waals surface area contributed by atoms with Crippen molar-refractivity contribution in [3.8, 4) is 0 Å². The van der Waals surface area contributed by atoms with Gasteiger partial charge in [0.1, 0.15) is 5.60 Å². The molecule has 0 aromatic heterocycles. The number of methoxy groups -OCH3 is 1. The maximum atomic E-state index is 13.6. The summed E-state index contributed by atoms with van der Waals surface area (Å²) in [6.45, 7) is 3.88. The number of carbonyl (C=O) groups is 1. The molecule has 0 atom stereocenters. The molecule has 7 heteroatoms. The van der Waals surface area contributed by atoms with Crippen LogP contribution in [0.1, 0.15) is 20.8 Å². The van der Waals surface area contributed by atoms with E-state index in [0.29, 0.717) is 0 Å². The molecule has 1 fully saturated rings. The Morgan fingerprint density at radius 1 is 1.39 bits per heavy atom. The molecule has 0 unspecified atom stereocenters. The third-order valence-corrected chi connectivity index (χ3v) is 2.86. The third kappa shape index (κ3) is 2.72. The largest absolute Gasteiger partial charge is 0.444 e. The van der Waals surface area contributed by atoms with Gasteiger partial charge in [-0.15, -0.1) is 0 Å². The number of nitrogens with zero attached hydrogens (tertiary/aromatic N) is 1. The first-order valence-corrected chi connectivity index (χ1v) is 5.68. The van der Waals surface area contributed by atoms with E-state index in [9.17, 15) is 13.6 Å². The predicted molar refractivity (Wildman–Crippen MR) is 61.5 cm³/mol.